The third kappa shape index (κ3) is 2.27. The van der Waals surface area contributed by atoms with E-state index in [1.807, 2.05) is 6.92 Å². The van der Waals surface area contributed by atoms with Crippen molar-refractivity contribution < 1.29 is 14.6 Å². The lowest BCUT2D eigenvalue weighted by atomic mass is 9.87. The van der Waals surface area contributed by atoms with E-state index in [1.54, 1.807) is 0 Å². The maximum Gasteiger partial charge on any atom is 0.0719 e. The highest BCUT2D eigenvalue weighted by atomic mass is 16.5. The van der Waals surface area contributed by atoms with Crippen LogP contribution in [0.4, 0.5) is 0 Å². The molecule has 2 aliphatic heterocycles. The molecule has 1 N–H and O–H groups in total. The third-order valence-corrected chi connectivity index (χ3v) is 3.33. The van der Waals surface area contributed by atoms with E-state index in [1.165, 1.54) is 0 Å². The minimum Gasteiger partial charge on any atom is -0.390 e. The normalized spacial score (nSPS) is 41.6. The Labute approximate surface area is 85.4 Å². The molecular formula is C11H20O3. The largest absolute Gasteiger partial charge is 0.390 e. The van der Waals surface area contributed by atoms with E-state index in [9.17, 15) is 5.11 Å². The van der Waals surface area contributed by atoms with Crippen LogP contribution in [0, 0.1) is 0 Å². The van der Waals surface area contributed by atoms with Gasteiger partial charge in [-0.25, -0.2) is 0 Å². The number of ether oxygens (including phenoxy) is 2. The standard InChI is InChI=1S/C11H20O3/c1-2-13-6-5-11(12)7-9-3-4-10(8-11)14-9/h9-10,12H,2-8H2,1H3. The lowest BCUT2D eigenvalue weighted by molar-refractivity contribution is -0.121. The molecule has 2 atom stereocenters. The Morgan fingerprint density at radius 2 is 2.00 bits per heavy atom. The van der Waals surface area contributed by atoms with E-state index >= 15 is 0 Å². The fourth-order valence-corrected chi connectivity index (χ4v) is 2.62. The molecule has 82 valence electrons. The van der Waals surface area contributed by atoms with E-state index in [0.717, 1.165) is 38.7 Å². The van der Waals surface area contributed by atoms with Crippen LogP contribution in [0.3, 0.4) is 0 Å². The molecule has 3 nitrogen and oxygen atoms in total. The second kappa shape index (κ2) is 4.17. The average Bonchev–Trinajstić information content (AvgIpc) is 2.46. The van der Waals surface area contributed by atoms with Crippen molar-refractivity contribution in [3.05, 3.63) is 0 Å². The molecule has 3 heteroatoms. The maximum absolute atomic E-state index is 10.3. The minimum absolute atomic E-state index is 0.306. The van der Waals surface area contributed by atoms with Crippen molar-refractivity contribution in [1.82, 2.24) is 0 Å². The zero-order valence-corrected chi connectivity index (χ0v) is 8.87. The molecule has 0 aromatic rings. The summed E-state index contributed by atoms with van der Waals surface area (Å²) in [6, 6.07) is 0. The molecule has 0 saturated carbocycles. The van der Waals surface area contributed by atoms with Crippen molar-refractivity contribution in [2.24, 2.45) is 0 Å². The van der Waals surface area contributed by atoms with Gasteiger partial charge in [0.25, 0.3) is 0 Å². The first-order chi connectivity index (χ1) is 6.72. The van der Waals surface area contributed by atoms with Crippen molar-refractivity contribution in [2.45, 2.75) is 56.8 Å². The van der Waals surface area contributed by atoms with Gasteiger partial charge in [-0.15, -0.1) is 0 Å². The van der Waals surface area contributed by atoms with Gasteiger partial charge in [-0.3, -0.25) is 0 Å². The van der Waals surface area contributed by atoms with Crippen molar-refractivity contribution in [3.8, 4) is 0 Å². The maximum atomic E-state index is 10.3. The van der Waals surface area contributed by atoms with Crippen LogP contribution in [0.5, 0.6) is 0 Å². The number of rotatable bonds is 4. The van der Waals surface area contributed by atoms with Crippen molar-refractivity contribution >= 4 is 0 Å². The fraction of sp³-hybridized carbons (Fsp3) is 1.00. The van der Waals surface area contributed by atoms with E-state index < -0.39 is 5.60 Å². The summed E-state index contributed by atoms with van der Waals surface area (Å²) in [5.41, 5.74) is -0.515. The Balaban J connectivity index is 1.83. The molecule has 2 rings (SSSR count). The predicted octanol–water partition coefficient (Wildman–Crippen LogP) is 1.49. The molecule has 2 saturated heterocycles. The van der Waals surface area contributed by atoms with Crippen LogP contribution in [-0.4, -0.2) is 36.1 Å². The summed E-state index contributed by atoms with van der Waals surface area (Å²) in [6.45, 7) is 3.39. The van der Waals surface area contributed by atoms with Crippen LogP contribution in [-0.2, 0) is 9.47 Å². The summed E-state index contributed by atoms with van der Waals surface area (Å²) in [6.07, 6.45) is 5.23. The van der Waals surface area contributed by atoms with Crippen LogP contribution in [0.1, 0.15) is 39.0 Å². The predicted molar refractivity (Wildman–Crippen MR) is 53.2 cm³/mol. The van der Waals surface area contributed by atoms with Gasteiger partial charge in [0.15, 0.2) is 0 Å². The smallest absolute Gasteiger partial charge is 0.0719 e. The molecule has 2 aliphatic rings. The summed E-state index contributed by atoms with van der Waals surface area (Å²) in [5.74, 6) is 0. The summed E-state index contributed by atoms with van der Waals surface area (Å²) in [5, 5.41) is 10.3. The number of aliphatic hydroxyl groups is 1. The zero-order chi connectivity index (χ0) is 10.0. The first-order valence-corrected chi connectivity index (χ1v) is 5.67. The molecule has 2 heterocycles. The monoisotopic (exact) mass is 200 g/mol. The molecule has 14 heavy (non-hydrogen) atoms. The highest BCUT2D eigenvalue weighted by Gasteiger charge is 2.43. The Kier molecular flexibility index (Phi) is 3.10. The summed E-state index contributed by atoms with van der Waals surface area (Å²) in [7, 11) is 0. The molecule has 2 fully saturated rings. The molecular weight excluding hydrogens is 180 g/mol. The lowest BCUT2D eigenvalue weighted by Crippen LogP contribution is -2.41. The number of fused-ring (bicyclic) bond motifs is 2. The van der Waals surface area contributed by atoms with Crippen LogP contribution in [0.25, 0.3) is 0 Å². The molecule has 0 aromatic carbocycles. The molecule has 0 aliphatic carbocycles. The average molecular weight is 200 g/mol. The van der Waals surface area contributed by atoms with E-state index in [4.69, 9.17) is 9.47 Å². The van der Waals surface area contributed by atoms with Crippen molar-refractivity contribution in [1.29, 1.82) is 0 Å². The quantitative estimate of drug-likeness (QED) is 0.699. The molecule has 2 unspecified atom stereocenters. The number of hydrogen-bond acceptors (Lipinski definition) is 3. The highest BCUT2D eigenvalue weighted by molar-refractivity contribution is 4.94. The zero-order valence-electron chi connectivity index (χ0n) is 8.87. The Hall–Kier alpha value is -0.120. The van der Waals surface area contributed by atoms with Gasteiger partial charge in [-0.1, -0.05) is 0 Å². The third-order valence-electron chi connectivity index (χ3n) is 3.33. The fourth-order valence-electron chi connectivity index (χ4n) is 2.62. The molecule has 0 spiro atoms. The van der Waals surface area contributed by atoms with E-state index in [-0.39, 0.29) is 0 Å². The molecule has 0 amide bonds. The molecule has 0 aromatic heterocycles. The number of hydrogen-bond donors (Lipinski definition) is 1. The summed E-state index contributed by atoms with van der Waals surface area (Å²) < 4.78 is 11.0. The molecule has 2 bridgehead atoms. The summed E-state index contributed by atoms with van der Waals surface area (Å²) >= 11 is 0. The molecule has 0 radical (unpaired) electrons. The van der Waals surface area contributed by atoms with E-state index in [2.05, 4.69) is 0 Å². The van der Waals surface area contributed by atoms with Gasteiger partial charge >= 0.3 is 0 Å². The Bertz CT molecular complexity index is 181. The van der Waals surface area contributed by atoms with Gasteiger partial charge in [-0.05, 0) is 26.2 Å². The first kappa shape index (κ1) is 10.4. The lowest BCUT2D eigenvalue weighted by Gasteiger charge is -2.36. The topological polar surface area (TPSA) is 38.7 Å². The Morgan fingerprint density at radius 1 is 1.36 bits per heavy atom. The SMILES string of the molecule is CCOCCC1(O)CC2CCC(C1)O2. The Morgan fingerprint density at radius 3 is 2.57 bits per heavy atom. The minimum atomic E-state index is -0.515. The van der Waals surface area contributed by atoms with Gasteiger partial charge in [0.05, 0.1) is 17.8 Å². The van der Waals surface area contributed by atoms with Crippen LogP contribution in [0.15, 0.2) is 0 Å². The van der Waals surface area contributed by atoms with Crippen LogP contribution < -0.4 is 0 Å². The second-order valence-electron chi connectivity index (χ2n) is 4.54. The van der Waals surface area contributed by atoms with Gasteiger partial charge in [0, 0.05) is 26.1 Å². The highest BCUT2D eigenvalue weighted by Crippen LogP contribution is 2.39. The first-order valence-electron chi connectivity index (χ1n) is 5.67. The van der Waals surface area contributed by atoms with Crippen LogP contribution in [0.2, 0.25) is 0 Å². The summed E-state index contributed by atoms with van der Waals surface area (Å²) in [4.78, 5) is 0. The van der Waals surface area contributed by atoms with Crippen molar-refractivity contribution in [3.63, 3.8) is 0 Å². The van der Waals surface area contributed by atoms with Gasteiger partial charge in [0.2, 0.25) is 0 Å². The second-order valence-corrected chi connectivity index (χ2v) is 4.54. The van der Waals surface area contributed by atoms with E-state index in [0.29, 0.717) is 18.8 Å². The van der Waals surface area contributed by atoms with Gasteiger partial charge in [-0.2, -0.15) is 0 Å². The van der Waals surface area contributed by atoms with Gasteiger partial charge < -0.3 is 14.6 Å². The van der Waals surface area contributed by atoms with Gasteiger partial charge in [0.1, 0.15) is 0 Å². The van der Waals surface area contributed by atoms with Crippen molar-refractivity contribution in [2.75, 3.05) is 13.2 Å². The van der Waals surface area contributed by atoms with Crippen LogP contribution >= 0.6 is 0 Å².